The third-order valence-corrected chi connectivity index (χ3v) is 3.65. The Balaban J connectivity index is 1.62. The number of H-pyrrole nitrogens is 1. The molecule has 138 valence electrons. The van der Waals surface area contributed by atoms with Gasteiger partial charge in [-0.2, -0.15) is 5.10 Å². The highest BCUT2D eigenvalue weighted by molar-refractivity contribution is 5.93. The molecular formula is C18H13F2N3O4. The minimum Gasteiger partial charge on any atom is -0.455 e. The Hall–Kier alpha value is -3.62. The zero-order valence-corrected chi connectivity index (χ0v) is 13.8. The van der Waals surface area contributed by atoms with Gasteiger partial charge >= 0.3 is 5.97 Å². The van der Waals surface area contributed by atoms with Crippen molar-refractivity contribution in [2.45, 2.75) is 6.42 Å². The van der Waals surface area contributed by atoms with Crippen LogP contribution < -0.4 is 10.9 Å². The Kier molecular flexibility index (Phi) is 5.20. The maximum atomic E-state index is 13.5. The molecule has 7 nitrogen and oxygen atoms in total. The molecule has 3 rings (SSSR count). The van der Waals surface area contributed by atoms with Gasteiger partial charge in [-0.1, -0.05) is 18.2 Å². The summed E-state index contributed by atoms with van der Waals surface area (Å²) in [5, 5.41) is 9.09. The molecule has 0 aliphatic carbocycles. The maximum absolute atomic E-state index is 13.5. The van der Waals surface area contributed by atoms with Crippen molar-refractivity contribution in [1.82, 2.24) is 10.2 Å². The molecule has 0 bridgehead atoms. The number of fused-ring (bicyclic) bond motifs is 1. The second-order valence-electron chi connectivity index (χ2n) is 5.55. The van der Waals surface area contributed by atoms with E-state index in [1.54, 1.807) is 24.3 Å². The number of aromatic amines is 1. The number of aromatic nitrogens is 2. The summed E-state index contributed by atoms with van der Waals surface area (Å²) in [6, 6.07) is 9.18. The number of hydrogen-bond acceptors (Lipinski definition) is 5. The summed E-state index contributed by atoms with van der Waals surface area (Å²) in [6.45, 7) is -0.684. The highest BCUT2D eigenvalue weighted by Crippen LogP contribution is 2.15. The van der Waals surface area contributed by atoms with E-state index in [1.165, 1.54) is 0 Å². The van der Waals surface area contributed by atoms with Crippen LogP contribution in [0.5, 0.6) is 0 Å². The molecule has 1 heterocycles. The summed E-state index contributed by atoms with van der Waals surface area (Å²) in [5.41, 5.74) is -0.463. The first kappa shape index (κ1) is 18.2. The third-order valence-electron chi connectivity index (χ3n) is 3.65. The fourth-order valence-electron chi connectivity index (χ4n) is 2.42. The van der Waals surface area contributed by atoms with Crippen LogP contribution in [0.4, 0.5) is 14.5 Å². The van der Waals surface area contributed by atoms with E-state index < -0.39 is 30.1 Å². The molecule has 2 N–H and O–H groups in total. The number of ether oxygens (including phenoxy) is 1. The number of nitrogens with one attached hydrogen (secondary N) is 2. The summed E-state index contributed by atoms with van der Waals surface area (Å²) in [7, 11) is 0. The number of anilines is 1. The normalized spacial score (nSPS) is 10.6. The van der Waals surface area contributed by atoms with E-state index in [0.717, 1.165) is 18.2 Å². The lowest BCUT2D eigenvalue weighted by Gasteiger charge is -2.08. The number of rotatable bonds is 5. The predicted molar refractivity (Wildman–Crippen MR) is 92.0 cm³/mol. The van der Waals surface area contributed by atoms with Crippen LogP contribution in [0.1, 0.15) is 5.69 Å². The molecule has 2 aromatic carbocycles. The summed E-state index contributed by atoms with van der Waals surface area (Å²) in [4.78, 5) is 35.4. The number of nitrogens with zero attached hydrogens (tertiary/aromatic N) is 1. The van der Waals surface area contributed by atoms with Gasteiger partial charge in [0.05, 0.1) is 23.2 Å². The fourth-order valence-corrected chi connectivity index (χ4v) is 2.42. The second-order valence-corrected chi connectivity index (χ2v) is 5.55. The number of carbonyl (C=O) groups is 2. The minimum absolute atomic E-state index is 0.279. The molecule has 0 saturated carbocycles. The first-order chi connectivity index (χ1) is 12.9. The van der Waals surface area contributed by atoms with Crippen LogP contribution in [0.25, 0.3) is 10.8 Å². The molecule has 1 aromatic heterocycles. The van der Waals surface area contributed by atoms with Gasteiger partial charge in [0, 0.05) is 11.5 Å². The summed E-state index contributed by atoms with van der Waals surface area (Å²) < 4.78 is 31.4. The molecule has 3 aromatic rings. The maximum Gasteiger partial charge on any atom is 0.312 e. The minimum atomic E-state index is -0.827. The van der Waals surface area contributed by atoms with Gasteiger partial charge in [0.15, 0.2) is 6.61 Å². The van der Waals surface area contributed by atoms with Crippen molar-refractivity contribution >= 4 is 28.3 Å². The third kappa shape index (κ3) is 4.32. The number of halogens is 2. The number of amides is 1. The Labute approximate surface area is 151 Å². The fraction of sp³-hybridized carbons (Fsp3) is 0.111. The largest absolute Gasteiger partial charge is 0.455 e. The monoisotopic (exact) mass is 373 g/mol. The number of benzene rings is 2. The van der Waals surface area contributed by atoms with E-state index >= 15 is 0 Å². The molecule has 0 fully saturated rings. The lowest BCUT2D eigenvalue weighted by atomic mass is 10.1. The molecule has 0 aliphatic rings. The van der Waals surface area contributed by atoms with Crippen LogP contribution in [0.15, 0.2) is 47.3 Å². The van der Waals surface area contributed by atoms with Crippen LogP contribution >= 0.6 is 0 Å². The zero-order valence-electron chi connectivity index (χ0n) is 13.8. The Morgan fingerprint density at radius 3 is 2.63 bits per heavy atom. The van der Waals surface area contributed by atoms with Crippen molar-refractivity contribution in [3.05, 3.63) is 70.1 Å². The molecule has 0 spiro atoms. The summed E-state index contributed by atoms with van der Waals surface area (Å²) >= 11 is 0. The van der Waals surface area contributed by atoms with Crippen molar-refractivity contribution in [1.29, 1.82) is 0 Å². The summed E-state index contributed by atoms with van der Waals surface area (Å²) in [5.74, 6) is -3.14. The van der Waals surface area contributed by atoms with E-state index in [-0.39, 0.29) is 23.4 Å². The quantitative estimate of drug-likeness (QED) is 0.666. The highest BCUT2D eigenvalue weighted by Gasteiger charge is 2.14. The number of hydrogen-bond donors (Lipinski definition) is 2. The average Bonchev–Trinajstić information content (AvgIpc) is 2.65. The standard InChI is InChI=1S/C18H13F2N3O4/c19-10-5-6-13(20)15(7-10)21-16(24)9-27-17(25)8-14-11-3-1-2-4-12(11)18(26)23-22-14/h1-7H,8-9H2,(H,21,24)(H,23,26). The van der Waals surface area contributed by atoms with E-state index in [9.17, 15) is 23.2 Å². The van der Waals surface area contributed by atoms with Gasteiger partial charge in [0.1, 0.15) is 11.6 Å². The van der Waals surface area contributed by atoms with E-state index in [0.29, 0.717) is 10.8 Å². The lowest BCUT2D eigenvalue weighted by molar-refractivity contribution is -0.146. The van der Waals surface area contributed by atoms with Gasteiger partial charge in [0.2, 0.25) is 0 Å². The molecule has 27 heavy (non-hydrogen) atoms. The molecule has 0 saturated heterocycles. The van der Waals surface area contributed by atoms with Gasteiger partial charge in [-0.3, -0.25) is 14.4 Å². The van der Waals surface area contributed by atoms with E-state index in [4.69, 9.17) is 4.74 Å². The molecule has 9 heteroatoms. The van der Waals surface area contributed by atoms with Gasteiger partial charge in [-0.05, 0) is 18.2 Å². The van der Waals surface area contributed by atoms with Crippen LogP contribution in [-0.2, 0) is 20.7 Å². The molecular weight excluding hydrogens is 360 g/mol. The molecule has 0 atom stereocenters. The van der Waals surface area contributed by atoms with Crippen molar-refractivity contribution in [3.8, 4) is 0 Å². The van der Waals surface area contributed by atoms with Crippen molar-refractivity contribution in [3.63, 3.8) is 0 Å². The molecule has 0 radical (unpaired) electrons. The first-order valence-corrected chi connectivity index (χ1v) is 7.81. The first-order valence-electron chi connectivity index (χ1n) is 7.81. The van der Waals surface area contributed by atoms with Gasteiger partial charge in [-0.15, -0.1) is 0 Å². The van der Waals surface area contributed by atoms with E-state index in [2.05, 4.69) is 15.5 Å². The number of carbonyl (C=O) groups excluding carboxylic acids is 2. The van der Waals surface area contributed by atoms with Crippen LogP contribution in [0.2, 0.25) is 0 Å². The Morgan fingerprint density at radius 1 is 1.11 bits per heavy atom. The van der Waals surface area contributed by atoms with Crippen LogP contribution in [0, 0.1) is 11.6 Å². The number of esters is 1. The lowest BCUT2D eigenvalue weighted by Crippen LogP contribution is -2.23. The zero-order chi connectivity index (χ0) is 19.4. The topological polar surface area (TPSA) is 101 Å². The average molecular weight is 373 g/mol. The molecule has 0 aliphatic heterocycles. The highest BCUT2D eigenvalue weighted by atomic mass is 19.1. The summed E-state index contributed by atoms with van der Waals surface area (Å²) in [6.07, 6.45) is -0.279. The molecule has 1 amide bonds. The van der Waals surface area contributed by atoms with Crippen LogP contribution in [-0.4, -0.2) is 28.7 Å². The van der Waals surface area contributed by atoms with Gasteiger partial charge < -0.3 is 10.1 Å². The van der Waals surface area contributed by atoms with Gasteiger partial charge in [0.25, 0.3) is 11.5 Å². The molecule has 0 unspecified atom stereocenters. The van der Waals surface area contributed by atoms with Gasteiger partial charge in [-0.25, -0.2) is 13.9 Å². The Morgan fingerprint density at radius 2 is 1.85 bits per heavy atom. The van der Waals surface area contributed by atoms with Crippen molar-refractivity contribution in [2.24, 2.45) is 0 Å². The predicted octanol–water partition coefficient (Wildman–Crippen LogP) is 1.93. The SMILES string of the molecule is O=C(COC(=O)Cc1n[nH]c(=O)c2ccccc12)Nc1cc(F)ccc1F. The van der Waals surface area contributed by atoms with Crippen molar-refractivity contribution in [2.75, 3.05) is 11.9 Å². The second kappa shape index (κ2) is 7.73. The smallest absolute Gasteiger partial charge is 0.312 e. The van der Waals surface area contributed by atoms with E-state index in [1.807, 2.05) is 0 Å². The van der Waals surface area contributed by atoms with Crippen molar-refractivity contribution < 1.29 is 23.1 Å². The van der Waals surface area contributed by atoms with Crippen LogP contribution in [0.3, 0.4) is 0 Å². The Bertz CT molecular complexity index is 1080.